The van der Waals surface area contributed by atoms with Crippen LogP contribution in [0.15, 0.2) is 72.8 Å². The highest BCUT2D eigenvalue weighted by Crippen LogP contribution is 2.42. The second-order valence-corrected chi connectivity index (χ2v) is 8.39. The third-order valence-electron chi connectivity index (χ3n) is 4.84. The van der Waals surface area contributed by atoms with E-state index in [1.807, 2.05) is 55.5 Å². The molecule has 5 nitrogen and oxygen atoms in total. The maximum Gasteiger partial charge on any atom is 0.257 e. The van der Waals surface area contributed by atoms with E-state index in [4.69, 9.17) is 16.3 Å². The Hall–Kier alpha value is -2.96. The molecule has 1 N–H and O–H groups in total. The Morgan fingerprint density at radius 3 is 2.65 bits per heavy atom. The Labute approximate surface area is 190 Å². The van der Waals surface area contributed by atoms with Gasteiger partial charge in [0.25, 0.3) is 5.91 Å². The molecule has 1 aliphatic heterocycles. The van der Waals surface area contributed by atoms with Crippen molar-refractivity contribution < 1.29 is 14.3 Å². The summed E-state index contributed by atoms with van der Waals surface area (Å²) in [6.07, 6.45) is 0. The molecule has 4 rings (SSSR count). The number of thioether (sulfide) groups is 1. The predicted octanol–water partition coefficient (Wildman–Crippen LogP) is 5.77. The van der Waals surface area contributed by atoms with Crippen LogP contribution in [0.5, 0.6) is 5.75 Å². The van der Waals surface area contributed by atoms with Crippen LogP contribution >= 0.6 is 23.4 Å². The zero-order chi connectivity index (χ0) is 21.8. The van der Waals surface area contributed by atoms with E-state index in [1.54, 1.807) is 40.9 Å². The molecule has 1 saturated heterocycles. The van der Waals surface area contributed by atoms with E-state index in [0.29, 0.717) is 28.6 Å². The van der Waals surface area contributed by atoms with Crippen LogP contribution in [0, 0.1) is 0 Å². The molecule has 0 bridgehead atoms. The van der Waals surface area contributed by atoms with Gasteiger partial charge in [-0.1, -0.05) is 35.9 Å². The molecule has 0 unspecified atom stereocenters. The number of amides is 2. The monoisotopic (exact) mass is 452 g/mol. The summed E-state index contributed by atoms with van der Waals surface area (Å²) in [5, 5.41) is 3.12. The van der Waals surface area contributed by atoms with E-state index in [2.05, 4.69) is 5.32 Å². The van der Waals surface area contributed by atoms with Gasteiger partial charge in [-0.15, -0.1) is 11.8 Å². The number of nitrogens with zero attached hydrogens (tertiary/aromatic N) is 1. The number of nitrogens with one attached hydrogen (secondary N) is 1. The molecular formula is C24H21ClN2O3S. The van der Waals surface area contributed by atoms with Crippen molar-refractivity contribution in [3.05, 3.63) is 88.9 Å². The van der Waals surface area contributed by atoms with Gasteiger partial charge in [-0.05, 0) is 61.0 Å². The van der Waals surface area contributed by atoms with Crippen LogP contribution in [0.1, 0.15) is 28.2 Å². The lowest BCUT2D eigenvalue weighted by Gasteiger charge is -2.25. The fourth-order valence-electron chi connectivity index (χ4n) is 3.43. The van der Waals surface area contributed by atoms with Gasteiger partial charge in [-0.2, -0.15) is 0 Å². The number of hydrogen-bond acceptors (Lipinski definition) is 4. The van der Waals surface area contributed by atoms with E-state index in [-0.39, 0.29) is 17.2 Å². The minimum atomic E-state index is -0.277. The molecule has 0 spiro atoms. The van der Waals surface area contributed by atoms with E-state index in [0.717, 1.165) is 17.0 Å². The Bertz CT molecular complexity index is 1100. The first-order chi connectivity index (χ1) is 15.1. The maximum absolute atomic E-state index is 12.6. The van der Waals surface area contributed by atoms with Gasteiger partial charge >= 0.3 is 0 Å². The Balaban J connectivity index is 1.56. The van der Waals surface area contributed by atoms with Crippen molar-refractivity contribution >= 4 is 46.6 Å². The summed E-state index contributed by atoms with van der Waals surface area (Å²) >= 11 is 7.70. The summed E-state index contributed by atoms with van der Waals surface area (Å²) < 4.78 is 5.50. The number of anilines is 2. The topological polar surface area (TPSA) is 58.6 Å². The van der Waals surface area contributed by atoms with Gasteiger partial charge in [0.15, 0.2) is 0 Å². The van der Waals surface area contributed by atoms with E-state index in [9.17, 15) is 9.59 Å². The Morgan fingerprint density at radius 1 is 1.13 bits per heavy atom. The first kappa shape index (κ1) is 21.3. The zero-order valence-corrected chi connectivity index (χ0v) is 18.5. The number of carbonyl (C=O) groups excluding carboxylic acids is 2. The van der Waals surface area contributed by atoms with E-state index in [1.165, 1.54) is 0 Å². The van der Waals surface area contributed by atoms with Crippen molar-refractivity contribution in [3.63, 3.8) is 0 Å². The predicted molar refractivity (Wildman–Crippen MR) is 126 cm³/mol. The average Bonchev–Trinajstić information content (AvgIpc) is 3.16. The lowest BCUT2D eigenvalue weighted by Crippen LogP contribution is -2.27. The molecule has 1 fully saturated rings. The number of benzene rings is 3. The van der Waals surface area contributed by atoms with Crippen LogP contribution in [-0.4, -0.2) is 24.2 Å². The lowest BCUT2D eigenvalue weighted by atomic mass is 10.1. The van der Waals surface area contributed by atoms with Gasteiger partial charge in [0, 0.05) is 11.4 Å². The largest absolute Gasteiger partial charge is 0.494 e. The minimum Gasteiger partial charge on any atom is -0.494 e. The minimum absolute atomic E-state index is 0.0460. The maximum atomic E-state index is 12.6. The molecule has 31 heavy (non-hydrogen) atoms. The molecule has 2 amide bonds. The van der Waals surface area contributed by atoms with Gasteiger partial charge in [-0.25, -0.2) is 0 Å². The van der Waals surface area contributed by atoms with Gasteiger partial charge in [0.2, 0.25) is 5.91 Å². The number of carbonyl (C=O) groups is 2. The zero-order valence-electron chi connectivity index (χ0n) is 16.9. The van der Waals surface area contributed by atoms with Crippen LogP contribution in [0.25, 0.3) is 0 Å². The SMILES string of the molecule is CCOc1ccc(N2C(=O)CS[C@@H]2c2cccc(NC(=O)c3ccccc3Cl)c2)cc1. The molecule has 0 radical (unpaired) electrons. The molecule has 1 atom stereocenters. The molecule has 3 aromatic carbocycles. The summed E-state index contributed by atoms with van der Waals surface area (Å²) in [6, 6.07) is 22.0. The highest BCUT2D eigenvalue weighted by molar-refractivity contribution is 8.00. The van der Waals surface area contributed by atoms with Gasteiger partial charge in [-0.3, -0.25) is 14.5 Å². The molecule has 0 aliphatic carbocycles. The van der Waals surface area contributed by atoms with Gasteiger partial charge in [0.1, 0.15) is 11.1 Å². The number of hydrogen-bond donors (Lipinski definition) is 1. The summed E-state index contributed by atoms with van der Waals surface area (Å²) in [5.41, 5.74) is 2.81. The third-order valence-corrected chi connectivity index (χ3v) is 6.38. The second-order valence-electron chi connectivity index (χ2n) is 6.91. The third kappa shape index (κ3) is 4.70. The van der Waals surface area contributed by atoms with Crippen molar-refractivity contribution in [1.82, 2.24) is 0 Å². The summed E-state index contributed by atoms with van der Waals surface area (Å²) in [5.74, 6) is 0.936. The summed E-state index contributed by atoms with van der Waals surface area (Å²) in [6.45, 7) is 2.52. The number of rotatable bonds is 6. The number of halogens is 1. The highest BCUT2D eigenvalue weighted by atomic mass is 35.5. The smallest absolute Gasteiger partial charge is 0.257 e. The van der Waals surface area contributed by atoms with Crippen molar-refractivity contribution in [2.24, 2.45) is 0 Å². The molecule has 7 heteroatoms. The molecule has 0 saturated carbocycles. The second kappa shape index (κ2) is 9.45. The number of ether oxygens (including phenoxy) is 1. The summed E-state index contributed by atoms with van der Waals surface area (Å²) in [4.78, 5) is 27.0. The van der Waals surface area contributed by atoms with Gasteiger partial charge < -0.3 is 10.1 Å². The molecule has 1 aliphatic rings. The van der Waals surface area contributed by atoms with Crippen molar-refractivity contribution in [2.75, 3.05) is 22.6 Å². The summed E-state index contributed by atoms with van der Waals surface area (Å²) in [7, 11) is 0. The van der Waals surface area contributed by atoms with Crippen LogP contribution in [0.2, 0.25) is 5.02 Å². The Morgan fingerprint density at radius 2 is 1.90 bits per heavy atom. The molecule has 0 aromatic heterocycles. The van der Waals surface area contributed by atoms with Crippen molar-refractivity contribution in [3.8, 4) is 5.75 Å². The quantitative estimate of drug-likeness (QED) is 0.515. The average molecular weight is 453 g/mol. The van der Waals surface area contributed by atoms with Gasteiger partial charge in [0.05, 0.1) is 22.9 Å². The van der Waals surface area contributed by atoms with Crippen molar-refractivity contribution in [2.45, 2.75) is 12.3 Å². The fourth-order valence-corrected chi connectivity index (χ4v) is 4.82. The molecule has 1 heterocycles. The normalized spacial score (nSPS) is 15.7. The first-order valence-electron chi connectivity index (χ1n) is 9.89. The Kier molecular flexibility index (Phi) is 6.49. The van der Waals surface area contributed by atoms with Crippen LogP contribution in [-0.2, 0) is 4.79 Å². The fraction of sp³-hybridized carbons (Fsp3) is 0.167. The first-order valence-corrected chi connectivity index (χ1v) is 11.3. The van der Waals surface area contributed by atoms with E-state index < -0.39 is 0 Å². The van der Waals surface area contributed by atoms with Crippen LogP contribution < -0.4 is 15.0 Å². The standard InChI is InChI=1S/C24H21ClN2O3S/c1-2-30-19-12-10-18(11-13-19)27-22(28)15-31-24(27)16-6-5-7-17(14-16)26-23(29)20-8-3-4-9-21(20)25/h3-14,24H,2,15H2,1H3,(H,26,29)/t24-/m1/s1. The molecule has 3 aromatic rings. The molecular weight excluding hydrogens is 432 g/mol. The lowest BCUT2D eigenvalue weighted by molar-refractivity contribution is -0.115. The van der Waals surface area contributed by atoms with E-state index >= 15 is 0 Å². The van der Waals surface area contributed by atoms with Crippen LogP contribution in [0.3, 0.4) is 0 Å². The molecule has 158 valence electrons. The highest BCUT2D eigenvalue weighted by Gasteiger charge is 2.34. The van der Waals surface area contributed by atoms with Crippen molar-refractivity contribution in [1.29, 1.82) is 0 Å². The van der Waals surface area contributed by atoms with Crippen LogP contribution in [0.4, 0.5) is 11.4 Å².